The Hall–Kier alpha value is -4.46. The summed E-state index contributed by atoms with van der Waals surface area (Å²) in [5.41, 5.74) is 3.39. The normalized spacial score (nSPS) is 17.3. The highest BCUT2D eigenvalue weighted by Gasteiger charge is 2.48. The molecule has 0 bridgehead atoms. The number of hydrogen-bond acceptors (Lipinski definition) is 6. The van der Waals surface area contributed by atoms with E-state index in [1.54, 1.807) is 48.8 Å². The van der Waals surface area contributed by atoms with Gasteiger partial charge in [0.25, 0.3) is 5.78 Å². The number of aliphatic hydroxyl groups is 1. The molecule has 8 heteroatoms. The Bertz CT molecular complexity index is 1470. The lowest BCUT2D eigenvalue weighted by Crippen LogP contribution is -2.30. The molecule has 1 aliphatic heterocycles. The number of nitrogens with zero attached hydrogens (tertiary/aromatic N) is 3. The number of benzene rings is 2. The van der Waals surface area contributed by atoms with Gasteiger partial charge >= 0.3 is 5.91 Å². The van der Waals surface area contributed by atoms with Crippen LogP contribution in [0.4, 0.5) is 5.95 Å². The molecule has 1 unspecified atom stereocenters. The minimum atomic E-state index is -0.905. The number of Topliss-reactive ketones (excluding diaryl/α,β-unsaturated/α-hetero) is 1. The number of pyridine rings is 1. The Labute approximate surface area is 208 Å². The summed E-state index contributed by atoms with van der Waals surface area (Å²) in [5, 5.41) is 11.3. The van der Waals surface area contributed by atoms with Crippen molar-refractivity contribution in [3.05, 3.63) is 89.3 Å². The zero-order chi connectivity index (χ0) is 25.4. The summed E-state index contributed by atoms with van der Waals surface area (Å²) in [7, 11) is 0. The molecule has 182 valence electrons. The number of aryl methyl sites for hydroxylation is 1. The maximum absolute atomic E-state index is 13.3. The topological polar surface area (TPSA) is 108 Å². The predicted octanol–water partition coefficient (Wildman–Crippen LogP) is 4.93. The maximum atomic E-state index is 13.3. The molecule has 2 aromatic heterocycles. The van der Waals surface area contributed by atoms with E-state index in [1.807, 2.05) is 25.1 Å². The smallest absolute Gasteiger partial charge is 0.302 e. The number of ketones is 1. The van der Waals surface area contributed by atoms with E-state index in [9.17, 15) is 14.7 Å². The average molecular weight is 483 g/mol. The van der Waals surface area contributed by atoms with Crippen LogP contribution >= 0.6 is 0 Å². The first-order valence-electron chi connectivity index (χ1n) is 11.7. The van der Waals surface area contributed by atoms with Crippen molar-refractivity contribution in [3.63, 3.8) is 0 Å². The van der Waals surface area contributed by atoms with E-state index in [0.29, 0.717) is 34.9 Å². The molecule has 1 atom stereocenters. The van der Waals surface area contributed by atoms with Gasteiger partial charge in [-0.2, -0.15) is 0 Å². The summed E-state index contributed by atoms with van der Waals surface area (Å²) in [5.74, 6) is -0.593. The number of aromatic amines is 1. The number of amides is 1. The zero-order valence-corrected chi connectivity index (χ0v) is 20.2. The minimum absolute atomic E-state index is 0.0273. The van der Waals surface area contributed by atoms with E-state index in [2.05, 4.69) is 28.8 Å². The fraction of sp³-hybridized carbons (Fsp3) is 0.214. The lowest BCUT2D eigenvalue weighted by Gasteiger charge is -2.22. The van der Waals surface area contributed by atoms with Crippen LogP contribution in [-0.4, -0.2) is 38.4 Å². The highest BCUT2D eigenvalue weighted by Crippen LogP contribution is 2.41. The Morgan fingerprint density at radius 3 is 2.61 bits per heavy atom. The summed E-state index contributed by atoms with van der Waals surface area (Å²) in [6.45, 7) is 6.64. The number of H-pyrrole nitrogens is 1. The van der Waals surface area contributed by atoms with Crippen LogP contribution in [0, 0.1) is 12.8 Å². The van der Waals surface area contributed by atoms with Gasteiger partial charge in [-0.05, 0) is 66.4 Å². The van der Waals surface area contributed by atoms with Gasteiger partial charge in [-0.1, -0.05) is 26.0 Å². The monoisotopic (exact) mass is 482 g/mol. The van der Waals surface area contributed by atoms with Crippen molar-refractivity contribution in [2.75, 3.05) is 11.5 Å². The van der Waals surface area contributed by atoms with Crippen molar-refractivity contribution < 1.29 is 19.4 Å². The van der Waals surface area contributed by atoms with Gasteiger partial charge in [0.15, 0.2) is 0 Å². The predicted molar refractivity (Wildman–Crippen MR) is 137 cm³/mol. The number of imidazole rings is 1. The molecule has 5 rings (SSSR count). The summed E-state index contributed by atoms with van der Waals surface area (Å²) >= 11 is 0. The van der Waals surface area contributed by atoms with Crippen LogP contribution in [0.1, 0.15) is 36.6 Å². The SMILES string of the molecule is Cc1ccc2nc(N3C(=O)C(=O)/C(=C(/O)c4ccc(OCC(C)C)cc4)C3c3cccnc3)[nH]c2c1. The molecule has 1 aliphatic rings. The van der Waals surface area contributed by atoms with Crippen molar-refractivity contribution in [1.29, 1.82) is 0 Å². The summed E-state index contributed by atoms with van der Waals surface area (Å²) < 4.78 is 5.72. The first-order chi connectivity index (χ1) is 17.3. The Kier molecular flexibility index (Phi) is 6.01. The third-order valence-electron chi connectivity index (χ3n) is 6.01. The first-order valence-corrected chi connectivity index (χ1v) is 11.7. The molecule has 3 heterocycles. The van der Waals surface area contributed by atoms with Crippen LogP contribution < -0.4 is 9.64 Å². The van der Waals surface area contributed by atoms with E-state index in [0.717, 1.165) is 11.1 Å². The van der Waals surface area contributed by atoms with Gasteiger partial charge in [-0.3, -0.25) is 19.5 Å². The number of hydrogen-bond donors (Lipinski definition) is 2. The highest BCUT2D eigenvalue weighted by molar-refractivity contribution is 6.51. The number of nitrogens with one attached hydrogen (secondary N) is 1. The first kappa shape index (κ1) is 23.3. The Morgan fingerprint density at radius 2 is 1.92 bits per heavy atom. The van der Waals surface area contributed by atoms with E-state index < -0.39 is 17.7 Å². The molecule has 1 fully saturated rings. The molecule has 0 radical (unpaired) electrons. The van der Waals surface area contributed by atoms with Gasteiger partial charge in [0, 0.05) is 18.0 Å². The Balaban J connectivity index is 1.61. The number of carbonyl (C=O) groups is 2. The number of aromatic nitrogens is 3. The average Bonchev–Trinajstić information content (AvgIpc) is 3.40. The second kappa shape index (κ2) is 9.30. The van der Waals surface area contributed by atoms with E-state index in [-0.39, 0.29) is 17.3 Å². The molecular weight excluding hydrogens is 456 g/mol. The number of fused-ring (bicyclic) bond motifs is 1. The minimum Gasteiger partial charge on any atom is -0.507 e. The number of aliphatic hydroxyl groups excluding tert-OH is 1. The number of rotatable bonds is 6. The lowest BCUT2D eigenvalue weighted by molar-refractivity contribution is -0.132. The third-order valence-corrected chi connectivity index (χ3v) is 6.01. The molecule has 36 heavy (non-hydrogen) atoms. The van der Waals surface area contributed by atoms with Gasteiger partial charge < -0.3 is 14.8 Å². The van der Waals surface area contributed by atoms with Gasteiger partial charge in [0.2, 0.25) is 5.95 Å². The fourth-order valence-electron chi connectivity index (χ4n) is 4.26. The highest BCUT2D eigenvalue weighted by atomic mass is 16.5. The molecule has 0 saturated carbocycles. The van der Waals surface area contributed by atoms with Gasteiger partial charge in [-0.15, -0.1) is 0 Å². The zero-order valence-electron chi connectivity index (χ0n) is 20.2. The standard InChI is InChI=1S/C28H26N4O4/c1-16(2)15-36-20-9-7-18(8-10-20)25(33)23-24(19-5-4-12-29-14-19)32(27(35)26(23)34)28-30-21-11-6-17(3)13-22(21)31-28/h4-14,16,24,33H,15H2,1-3H3,(H,30,31)/b25-23+. The Morgan fingerprint density at radius 1 is 1.14 bits per heavy atom. The van der Waals surface area contributed by atoms with E-state index in [1.165, 1.54) is 4.90 Å². The van der Waals surface area contributed by atoms with Crippen molar-refractivity contribution in [2.24, 2.45) is 5.92 Å². The van der Waals surface area contributed by atoms with E-state index >= 15 is 0 Å². The summed E-state index contributed by atoms with van der Waals surface area (Å²) in [6.07, 6.45) is 3.18. The molecular formula is C28H26N4O4. The molecule has 0 spiro atoms. The maximum Gasteiger partial charge on any atom is 0.302 e. The van der Waals surface area contributed by atoms with Crippen LogP contribution in [0.3, 0.4) is 0 Å². The molecule has 1 saturated heterocycles. The molecule has 8 nitrogen and oxygen atoms in total. The third kappa shape index (κ3) is 4.22. The second-order valence-electron chi connectivity index (χ2n) is 9.27. The number of carbonyl (C=O) groups excluding carboxylic acids is 2. The van der Waals surface area contributed by atoms with Crippen molar-refractivity contribution >= 4 is 34.4 Å². The van der Waals surface area contributed by atoms with Crippen LogP contribution in [0.15, 0.2) is 72.6 Å². The molecule has 1 amide bonds. The van der Waals surface area contributed by atoms with Gasteiger partial charge in [0.1, 0.15) is 11.5 Å². The second-order valence-corrected chi connectivity index (χ2v) is 9.27. The molecule has 4 aromatic rings. The van der Waals surface area contributed by atoms with Crippen LogP contribution in [0.25, 0.3) is 16.8 Å². The summed E-state index contributed by atoms with van der Waals surface area (Å²) in [4.78, 5) is 39.8. The van der Waals surface area contributed by atoms with Crippen molar-refractivity contribution in [2.45, 2.75) is 26.8 Å². The molecule has 0 aliphatic carbocycles. The molecule has 2 N–H and O–H groups in total. The number of anilines is 1. The fourth-order valence-corrected chi connectivity index (χ4v) is 4.26. The van der Waals surface area contributed by atoms with Crippen molar-refractivity contribution in [1.82, 2.24) is 15.0 Å². The lowest BCUT2D eigenvalue weighted by atomic mass is 9.96. The van der Waals surface area contributed by atoms with Gasteiger partial charge in [-0.25, -0.2) is 4.98 Å². The van der Waals surface area contributed by atoms with Crippen LogP contribution in [0.5, 0.6) is 5.75 Å². The van der Waals surface area contributed by atoms with Crippen LogP contribution in [-0.2, 0) is 9.59 Å². The number of ether oxygens (including phenoxy) is 1. The van der Waals surface area contributed by atoms with Gasteiger partial charge in [0.05, 0.1) is 29.3 Å². The van der Waals surface area contributed by atoms with Crippen molar-refractivity contribution in [3.8, 4) is 5.75 Å². The van der Waals surface area contributed by atoms with Crippen LogP contribution in [0.2, 0.25) is 0 Å². The largest absolute Gasteiger partial charge is 0.507 e. The van der Waals surface area contributed by atoms with E-state index in [4.69, 9.17) is 4.74 Å². The molecule has 2 aromatic carbocycles. The quantitative estimate of drug-likeness (QED) is 0.229. The summed E-state index contributed by atoms with van der Waals surface area (Å²) in [6, 6.07) is 15.1.